The predicted octanol–water partition coefficient (Wildman–Crippen LogP) is 3.75. The second-order valence-electron chi connectivity index (χ2n) is 5.31. The first-order valence-electron chi connectivity index (χ1n) is 7.28. The molecule has 1 saturated carbocycles. The van der Waals surface area contributed by atoms with E-state index in [1.54, 1.807) is 12.1 Å². The van der Waals surface area contributed by atoms with E-state index < -0.39 is 0 Å². The Hall–Kier alpha value is -2.39. The molecule has 22 heavy (non-hydrogen) atoms. The van der Waals surface area contributed by atoms with Crippen LogP contribution in [0.1, 0.15) is 31.2 Å². The third-order valence-corrected chi connectivity index (χ3v) is 4.48. The van der Waals surface area contributed by atoms with E-state index in [4.69, 9.17) is 5.26 Å². The molecule has 1 heterocycles. The first-order chi connectivity index (χ1) is 10.7. The van der Waals surface area contributed by atoms with Gasteiger partial charge in [-0.1, -0.05) is 25.0 Å². The van der Waals surface area contributed by atoms with E-state index in [2.05, 4.69) is 21.7 Å². The summed E-state index contributed by atoms with van der Waals surface area (Å²) in [7, 11) is 0. The van der Waals surface area contributed by atoms with E-state index in [1.165, 1.54) is 24.2 Å². The average Bonchev–Trinajstić information content (AvgIpc) is 3.19. The summed E-state index contributed by atoms with van der Waals surface area (Å²) in [5.41, 5.74) is 2.35. The minimum absolute atomic E-state index is 0.187. The van der Waals surface area contributed by atoms with E-state index in [1.807, 2.05) is 17.5 Å². The Morgan fingerprint density at radius 1 is 1.27 bits per heavy atom. The van der Waals surface area contributed by atoms with Gasteiger partial charge in [0.2, 0.25) is 0 Å². The number of rotatable bonds is 3. The topological polar surface area (TPSA) is 77.8 Å². The molecular weight excluding hydrogens is 296 g/mol. The van der Waals surface area contributed by atoms with Crippen molar-refractivity contribution in [2.24, 2.45) is 0 Å². The van der Waals surface area contributed by atoms with Crippen molar-refractivity contribution in [1.82, 2.24) is 10.3 Å². The number of hydrogen-bond acceptors (Lipinski definition) is 4. The van der Waals surface area contributed by atoms with Crippen molar-refractivity contribution in [3.8, 4) is 17.3 Å². The molecule has 2 amide bonds. The summed E-state index contributed by atoms with van der Waals surface area (Å²) in [5, 5.41) is 17.0. The zero-order valence-electron chi connectivity index (χ0n) is 12.0. The molecule has 0 atom stereocenters. The molecule has 0 bridgehead atoms. The van der Waals surface area contributed by atoms with Gasteiger partial charge in [0.1, 0.15) is 0 Å². The molecule has 6 heteroatoms. The van der Waals surface area contributed by atoms with Gasteiger partial charge in [0.15, 0.2) is 5.13 Å². The van der Waals surface area contributed by atoms with Crippen LogP contribution in [0, 0.1) is 11.3 Å². The number of nitrogens with one attached hydrogen (secondary N) is 2. The van der Waals surface area contributed by atoms with Gasteiger partial charge in [-0.15, -0.1) is 11.3 Å². The molecule has 2 N–H and O–H groups in total. The molecule has 0 unspecified atom stereocenters. The van der Waals surface area contributed by atoms with Gasteiger partial charge in [-0.2, -0.15) is 5.26 Å². The van der Waals surface area contributed by atoms with Crippen molar-refractivity contribution in [2.45, 2.75) is 31.7 Å². The van der Waals surface area contributed by atoms with Gasteiger partial charge in [0.25, 0.3) is 0 Å². The number of carbonyl (C=O) groups excluding carboxylic acids is 1. The third kappa shape index (κ3) is 3.43. The van der Waals surface area contributed by atoms with Gasteiger partial charge >= 0.3 is 6.03 Å². The Kier molecular flexibility index (Phi) is 4.35. The van der Waals surface area contributed by atoms with Gasteiger partial charge in [0, 0.05) is 17.0 Å². The number of hydrogen-bond donors (Lipinski definition) is 2. The largest absolute Gasteiger partial charge is 0.335 e. The SMILES string of the molecule is N#Cc1ccc(-c2csc(NC(=O)NC3CCCC3)n2)cc1. The lowest BCUT2D eigenvalue weighted by Gasteiger charge is -2.11. The van der Waals surface area contributed by atoms with Crippen LogP contribution in [0.4, 0.5) is 9.93 Å². The van der Waals surface area contributed by atoms with Crippen molar-refractivity contribution in [2.75, 3.05) is 5.32 Å². The molecule has 3 rings (SSSR count). The van der Waals surface area contributed by atoms with Crippen LogP contribution in [0.5, 0.6) is 0 Å². The molecule has 5 nitrogen and oxygen atoms in total. The summed E-state index contributed by atoms with van der Waals surface area (Å²) in [6.45, 7) is 0. The van der Waals surface area contributed by atoms with Crippen molar-refractivity contribution in [3.05, 3.63) is 35.2 Å². The van der Waals surface area contributed by atoms with E-state index >= 15 is 0 Å². The van der Waals surface area contributed by atoms with Gasteiger partial charge in [0.05, 0.1) is 17.3 Å². The minimum atomic E-state index is -0.187. The third-order valence-electron chi connectivity index (χ3n) is 3.72. The molecule has 0 saturated heterocycles. The molecule has 2 aromatic rings. The summed E-state index contributed by atoms with van der Waals surface area (Å²) in [4.78, 5) is 16.3. The first kappa shape index (κ1) is 14.5. The number of urea groups is 1. The molecule has 1 aliphatic carbocycles. The number of nitriles is 1. The van der Waals surface area contributed by atoms with Crippen LogP contribution in [-0.2, 0) is 0 Å². The highest BCUT2D eigenvalue weighted by atomic mass is 32.1. The van der Waals surface area contributed by atoms with Crippen LogP contribution < -0.4 is 10.6 Å². The smallest absolute Gasteiger partial charge is 0.321 e. The van der Waals surface area contributed by atoms with Crippen LogP contribution in [0.15, 0.2) is 29.6 Å². The summed E-state index contributed by atoms with van der Waals surface area (Å²) < 4.78 is 0. The second kappa shape index (κ2) is 6.58. The molecule has 1 aromatic heterocycles. The first-order valence-corrected chi connectivity index (χ1v) is 8.16. The average molecular weight is 312 g/mol. The Morgan fingerprint density at radius 3 is 2.68 bits per heavy atom. The zero-order chi connectivity index (χ0) is 15.4. The van der Waals surface area contributed by atoms with E-state index in [0.29, 0.717) is 10.7 Å². The molecule has 112 valence electrons. The van der Waals surface area contributed by atoms with Crippen LogP contribution >= 0.6 is 11.3 Å². The fourth-order valence-electron chi connectivity index (χ4n) is 2.57. The molecule has 0 radical (unpaired) electrons. The molecule has 0 aliphatic heterocycles. The standard InChI is InChI=1S/C16H16N4OS/c17-9-11-5-7-12(8-6-11)14-10-22-16(19-14)20-15(21)18-13-3-1-2-4-13/h5-8,10,13H,1-4H2,(H2,18,19,20,21). The Balaban J connectivity index is 1.62. The second-order valence-corrected chi connectivity index (χ2v) is 6.16. The number of carbonyl (C=O) groups is 1. The lowest BCUT2D eigenvalue weighted by molar-refractivity contribution is 0.248. The summed E-state index contributed by atoms with van der Waals surface area (Å²) >= 11 is 1.39. The highest BCUT2D eigenvalue weighted by Gasteiger charge is 2.17. The van der Waals surface area contributed by atoms with E-state index in [0.717, 1.165) is 24.1 Å². The Bertz CT molecular complexity index is 696. The van der Waals surface area contributed by atoms with E-state index in [9.17, 15) is 4.79 Å². The molecule has 1 fully saturated rings. The quantitative estimate of drug-likeness (QED) is 0.906. The Labute approximate surface area is 133 Å². The lowest BCUT2D eigenvalue weighted by atomic mass is 10.1. The molecule has 1 aliphatic rings. The van der Waals surface area contributed by atoms with Crippen LogP contribution in [0.25, 0.3) is 11.3 Å². The summed E-state index contributed by atoms with van der Waals surface area (Å²) in [6, 6.07) is 9.42. The monoisotopic (exact) mass is 312 g/mol. The van der Waals surface area contributed by atoms with Crippen molar-refractivity contribution < 1.29 is 4.79 Å². The van der Waals surface area contributed by atoms with E-state index in [-0.39, 0.29) is 12.1 Å². The summed E-state index contributed by atoms with van der Waals surface area (Å²) in [6.07, 6.45) is 4.49. The molecule has 1 aromatic carbocycles. The fourth-order valence-corrected chi connectivity index (χ4v) is 3.28. The van der Waals surface area contributed by atoms with Gasteiger partial charge < -0.3 is 5.32 Å². The Morgan fingerprint density at radius 2 is 2.00 bits per heavy atom. The predicted molar refractivity (Wildman–Crippen MR) is 86.7 cm³/mol. The number of amides is 2. The maximum atomic E-state index is 11.9. The number of anilines is 1. The van der Waals surface area contributed by atoms with Crippen LogP contribution in [0.2, 0.25) is 0 Å². The molecular formula is C16H16N4OS. The highest BCUT2D eigenvalue weighted by Crippen LogP contribution is 2.25. The normalized spacial score (nSPS) is 14.5. The fraction of sp³-hybridized carbons (Fsp3) is 0.312. The van der Waals surface area contributed by atoms with Crippen LogP contribution in [-0.4, -0.2) is 17.1 Å². The number of benzene rings is 1. The van der Waals surface area contributed by atoms with Gasteiger partial charge in [-0.25, -0.2) is 9.78 Å². The maximum Gasteiger partial charge on any atom is 0.321 e. The van der Waals surface area contributed by atoms with Gasteiger partial charge in [-0.05, 0) is 25.0 Å². The maximum absolute atomic E-state index is 11.9. The molecule has 0 spiro atoms. The van der Waals surface area contributed by atoms with Crippen molar-refractivity contribution >= 4 is 22.5 Å². The zero-order valence-corrected chi connectivity index (χ0v) is 12.8. The van der Waals surface area contributed by atoms with Crippen LogP contribution in [0.3, 0.4) is 0 Å². The lowest BCUT2D eigenvalue weighted by Crippen LogP contribution is -2.36. The number of thiazole rings is 1. The summed E-state index contributed by atoms with van der Waals surface area (Å²) in [5.74, 6) is 0. The number of aromatic nitrogens is 1. The van der Waals surface area contributed by atoms with Crippen molar-refractivity contribution in [1.29, 1.82) is 5.26 Å². The van der Waals surface area contributed by atoms with Crippen molar-refractivity contribution in [3.63, 3.8) is 0 Å². The highest BCUT2D eigenvalue weighted by molar-refractivity contribution is 7.14. The van der Waals surface area contributed by atoms with Gasteiger partial charge in [-0.3, -0.25) is 5.32 Å². The minimum Gasteiger partial charge on any atom is -0.335 e. The number of nitrogens with zero attached hydrogens (tertiary/aromatic N) is 2.